The fourth-order valence-corrected chi connectivity index (χ4v) is 7.14. The average molecular weight is 605 g/mol. The van der Waals surface area contributed by atoms with E-state index in [0.29, 0.717) is 38.3 Å². The molecule has 6 rings (SSSR count). The van der Waals surface area contributed by atoms with Crippen molar-refractivity contribution >= 4 is 17.8 Å². The number of hydrogen-bond donors (Lipinski definition) is 4. The van der Waals surface area contributed by atoms with Gasteiger partial charge in [0.2, 0.25) is 23.9 Å². The van der Waals surface area contributed by atoms with Crippen LogP contribution in [0.15, 0.2) is 18.2 Å². The Morgan fingerprint density at radius 1 is 0.953 bits per heavy atom. The highest BCUT2D eigenvalue weighted by molar-refractivity contribution is 5.81. The maximum absolute atomic E-state index is 12.7. The number of phenolic OH excluding ortho intramolecular Hbond substituents is 2. The van der Waals surface area contributed by atoms with E-state index in [1.165, 1.54) is 12.1 Å². The summed E-state index contributed by atoms with van der Waals surface area (Å²) in [4.78, 5) is 49.0. The average Bonchev–Trinajstić information content (AvgIpc) is 3.20. The number of rotatable bonds is 11. The van der Waals surface area contributed by atoms with Gasteiger partial charge in [0, 0.05) is 44.2 Å². The fourth-order valence-electron chi connectivity index (χ4n) is 7.14. The molecule has 5 aliphatic rings. The fraction of sp³-hybridized carbons (Fsp3) is 0.710. The second-order valence-corrected chi connectivity index (χ2v) is 12.6. The molecule has 12 heteroatoms. The zero-order valence-corrected chi connectivity index (χ0v) is 25.1. The Balaban J connectivity index is 1.01. The Morgan fingerprint density at radius 3 is 2.51 bits per heavy atom. The van der Waals surface area contributed by atoms with Crippen LogP contribution >= 0.6 is 0 Å². The Kier molecular flexibility index (Phi) is 9.50. The predicted octanol–water partition coefficient (Wildman–Crippen LogP) is 3.18. The van der Waals surface area contributed by atoms with Crippen molar-refractivity contribution in [1.29, 1.82) is 0 Å². The summed E-state index contributed by atoms with van der Waals surface area (Å²) in [6.45, 7) is 6.78. The van der Waals surface area contributed by atoms with Gasteiger partial charge in [-0.3, -0.25) is 14.4 Å². The number of benzene rings is 1. The molecule has 1 aromatic carbocycles. The molecule has 0 aromatic heterocycles. The van der Waals surface area contributed by atoms with Gasteiger partial charge in [-0.05, 0) is 68.6 Å². The van der Waals surface area contributed by atoms with E-state index < -0.39 is 29.9 Å². The van der Waals surface area contributed by atoms with E-state index in [1.807, 2.05) is 13.8 Å². The van der Waals surface area contributed by atoms with Crippen molar-refractivity contribution in [3.05, 3.63) is 23.8 Å². The highest BCUT2D eigenvalue weighted by atomic mass is 17.3. The Labute approximate surface area is 251 Å². The zero-order valence-electron chi connectivity index (χ0n) is 25.1. The number of aromatic hydroxyl groups is 2. The highest BCUT2D eigenvalue weighted by Gasteiger charge is 2.69. The first-order valence-electron chi connectivity index (χ1n) is 15.4. The van der Waals surface area contributed by atoms with Crippen LogP contribution in [0.5, 0.6) is 11.5 Å². The quantitative estimate of drug-likeness (QED) is 0.128. The van der Waals surface area contributed by atoms with Crippen molar-refractivity contribution in [2.24, 2.45) is 23.7 Å². The molecular formula is C31H44N2O10. The lowest BCUT2D eigenvalue weighted by Gasteiger charge is -2.59. The van der Waals surface area contributed by atoms with E-state index in [-0.39, 0.29) is 60.3 Å². The van der Waals surface area contributed by atoms with Crippen LogP contribution in [0.3, 0.4) is 0 Å². The van der Waals surface area contributed by atoms with Gasteiger partial charge < -0.3 is 35.1 Å². The molecule has 8 unspecified atom stereocenters. The molecule has 4 N–H and O–H groups in total. The van der Waals surface area contributed by atoms with E-state index in [4.69, 9.17) is 24.0 Å². The minimum Gasteiger partial charge on any atom is -0.504 e. The molecular weight excluding hydrogens is 560 g/mol. The van der Waals surface area contributed by atoms with Gasteiger partial charge in [-0.1, -0.05) is 19.9 Å². The summed E-state index contributed by atoms with van der Waals surface area (Å²) in [7, 11) is 0. The van der Waals surface area contributed by atoms with Crippen molar-refractivity contribution < 1.29 is 48.6 Å². The summed E-state index contributed by atoms with van der Waals surface area (Å²) >= 11 is 0. The van der Waals surface area contributed by atoms with Gasteiger partial charge in [-0.25, -0.2) is 9.78 Å². The number of amides is 2. The SMILES string of the molecule is CC1CCC2C(C)C(OC(=O)CCC(=O)NCCCC(=O)NCCc3ccc(O)c(O)c3)OC3OC4(C)CCC1C32OO4. The predicted molar refractivity (Wildman–Crippen MR) is 151 cm³/mol. The van der Waals surface area contributed by atoms with Gasteiger partial charge in [0.25, 0.3) is 0 Å². The number of ether oxygens (including phenoxy) is 3. The van der Waals surface area contributed by atoms with Crippen LogP contribution in [0.4, 0.5) is 0 Å². The molecule has 43 heavy (non-hydrogen) atoms. The lowest BCUT2D eigenvalue weighted by molar-refractivity contribution is -0.576. The Bertz CT molecular complexity index is 1200. The molecule has 5 fully saturated rings. The van der Waals surface area contributed by atoms with Crippen LogP contribution in [0.1, 0.15) is 77.7 Å². The van der Waals surface area contributed by atoms with Crippen LogP contribution in [-0.4, -0.2) is 65.1 Å². The monoisotopic (exact) mass is 604 g/mol. The van der Waals surface area contributed by atoms with Gasteiger partial charge in [0.15, 0.2) is 23.4 Å². The van der Waals surface area contributed by atoms with Crippen molar-refractivity contribution in [2.45, 2.75) is 103 Å². The van der Waals surface area contributed by atoms with Crippen molar-refractivity contribution in [1.82, 2.24) is 10.6 Å². The Hall–Kier alpha value is -2.93. The zero-order chi connectivity index (χ0) is 30.8. The third-order valence-electron chi connectivity index (χ3n) is 9.58. The van der Waals surface area contributed by atoms with Crippen molar-refractivity contribution in [3.63, 3.8) is 0 Å². The number of fused-ring (bicyclic) bond motifs is 2. The summed E-state index contributed by atoms with van der Waals surface area (Å²) in [6, 6.07) is 4.53. The first kappa shape index (κ1) is 31.5. The summed E-state index contributed by atoms with van der Waals surface area (Å²) in [5, 5.41) is 24.4. The van der Waals surface area contributed by atoms with Crippen LogP contribution in [0.2, 0.25) is 0 Å². The summed E-state index contributed by atoms with van der Waals surface area (Å²) < 4.78 is 18.3. The van der Waals surface area contributed by atoms with Crippen LogP contribution in [-0.2, 0) is 44.8 Å². The maximum Gasteiger partial charge on any atom is 0.308 e. The van der Waals surface area contributed by atoms with E-state index in [0.717, 1.165) is 24.8 Å². The van der Waals surface area contributed by atoms with Gasteiger partial charge in [0.05, 0.1) is 6.42 Å². The molecule has 4 saturated heterocycles. The molecule has 2 amide bonds. The minimum atomic E-state index is -0.913. The highest BCUT2D eigenvalue weighted by Crippen LogP contribution is 2.60. The van der Waals surface area contributed by atoms with E-state index >= 15 is 0 Å². The minimum absolute atomic E-state index is 0.0342. The molecule has 8 atom stereocenters. The third kappa shape index (κ3) is 6.77. The van der Waals surface area contributed by atoms with Gasteiger partial charge in [-0.2, -0.15) is 0 Å². The summed E-state index contributed by atoms with van der Waals surface area (Å²) in [5.74, 6) is -1.73. The van der Waals surface area contributed by atoms with E-state index in [2.05, 4.69) is 17.6 Å². The number of esters is 1. The van der Waals surface area contributed by atoms with Crippen molar-refractivity contribution in [3.8, 4) is 11.5 Å². The summed E-state index contributed by atoms with van der Waals surface area (Å²) in [6.07, 6.45) is 3.09. The van der Waals surface area contributed by atoms with E-state index in [9.17, 15) is 24.6 Å². The van der Waals surface area contributed by atoms with Crippen LogP contribution < -0.4 is 10.6 Å². The normalized spacial score (nSPS) is 34.5. The second kappa shape index (κ2) is 13.0. The topological polar surface area (TPSA) is 162 Å². The summed E-state index contributed by atoms with van der Waals surface area (Å²) in [5.41, 5.74) is 0.0543. The standard InChI is InChI=1S/C31H44N2O10/c1-18-6-8-22-19(2)28(40-29-31(22)21(18)12-14-30(3,41-29)42-43-31)39-27(38)11-10-26(37)32-15-4-5-25(36)33-16-13-20-7-9-23(34)24(35)17-20/h7,9,17-19,21-22,28-29,34-35H,4-6,8,10-16H2,1-3H3,(H,32,37)(H,33,36). The molecule has 4 aliphatic heterocycles. The molecule has 2 bridgehead atoms. The second-order valence-electron chi connectivity index (χ2n) is 12.6. The third-order valence-corrected chi connectivity index (χ3v) is 9.58. The van der Waals surface area contributed by atoms with Gasteiger partial charge in [-0.15, -0.1) is 0 Å². The Morgan fingerprint density at radius 2 is 1.72 bits per heavy atom. The molecule has 1 saturated carbocycles. The van der Waals surface area contributed by atoms with E-state index in [1.54, 1.807) is 6.07 Å². The van der Waals surface area contributed by atoms with Gasteiger partial charge >= 0.3 is 5.97 Å². The molecule has 1 aliphatic carbocycles. The number of hydrogen-bond acceptors (Lipinski definition) is 10. The largest absolute Gasteiger partial charge is 0.504 e. The van der Waals surface area contributed by atoms with Crippen LogP contribution in [0.25, 0.3) is 0 Å². The van der Waals surface area contributed by atoms with Crippen molar-refractivity contribution in [2.75, 3.05) is 13.1 Å². The number of carbonyl (C=O) groups is 3. The number of nitrogens with one attached hydrogen (secondary N) is 2. The smallest absolute Gasteiger partial charge is 0.308 e. The first-order chi connectivity index (χ1) is 20.5. The molecule has 0 radical (unpaired) electrons. The number of carbonyl (C=O) groups excluding carboxylic acids is 3. The lowest BCUT2D eigenvalue weighted by Crippen LogP contribution is -2.70. The maximum atomic E-state index is 12.7. The lowest BCUT2D eigenvalue weighted by atomic mass is 9.58. The molecule has 1 spiro atoms. The molecule has 4 heterocycles. The first-order valence-corrected chi connectivity index (χ1v) is 15.4. The van der Waals surface area contributed by atoms with Crippen LogP contribution in [0, 0.1) is 23.7 Å². The number of phenols is 2. The molecule has 1 aromatic rings. The molecule has 238 valence electrons. The van der Waals surface area contributed by atoms with Gasteiger partial charge in [0.1, 0.15) is 0 Å². The molecule has 12 nitrogen and oxygen atoms in total.